The summed E-state index contributed by atoms with van der Waals surface area (Å²) in [6, 6.07) is 15.1. The topological polar surface area (TPSA) is 63.1 Å². The Morgan fingerprint density at radius 1 is 1.00 bits per heavy atom. The maximum Gasteiger partial charge on any atom is 0.323 e. The summed E-state index contributed by atoms with van der Waals surface area (Å²) >= 11 is 6.13. The summed E-state index contributed by atoms with van der Waals surface area (Å²) < 4.78 is 14.3. The minimum atomic E-state index is -0.593. The minimum Gasteiger partial charge on any atom is -0.309 e. The Kier molecular flexibility index (Phi) is 5.34. The second-order valence-electron chi connectivity index (χ2n) is 5.53. The Morgan fingerprint density at radius 3 is 2.46 bits per heavy atom. The number of rotatable bonds is 4. The van der Waals surface area contributed by atoms with Gasteiger partial charge >= 0.3 is 6.03 Å². The summed E-state index contributed by atoms with van der Waals surface area (Å²) in [5.74, 6) is -0.401. The van der Waals surface area contributed by atoms with Crippen molar-refractivity contribution in [3.8, 4) is 0 Å². The first-order valence-electron chi connectivity index (χ1n) is 7.79. The summed E-state index contributed by atoms with van der Waals surface area (Å²) in [6.45, 7) is 0.285. The fourth-order valence-corrected chi connectivity index (χ4v) is 2.58. The van der Waals surface area contributed by atoms with E-state index in [-0.39, 0.29) is 17.8 Å². The zero-order chi connectivity index (χ0) is 18.5. The largest absolute Gasteiger partial charge is 0.323 e. The highest BCUT2D eigenvalue weighted by molar-refractivity contribution is 6.31. The zero-order valence-electron chi connectivity index (χ0n) is 13.6. The fraction of sp³-hybridized carbons (Fsp3) is 0.0526. The van der Waals surface area contributed by atoms with Crippen LogP contribution in [0.25, 0.3) is 0 Å². The van der Waals surface area contributed by atoms with Gasteiger partial charge < -0.3 is 15.2 Å². The Hall–Kier alpha value is -3.12. The summed E-state index contributed by atoms with van der Waals surface area (Å²) in [5, 5.41) is 5.60. The summed E-state index contributed by atoms with van der Waals surface area (Å²) in [5.41, 5.74) is 0.973. The molecule has 0 radical (unpaired) electrons. The number of carbonyl (C=O) groups is 1. The Bertz CT molecular complexity index is 987. The molecule has 0 atom stereocenters. The van der Waals surface area contributed by atoms with E-state index in [2.05, 4.69) is 10.6 Å². The van der Waals surface area contributed by atoms with Crippen LogP contribution in [-0.4, -0.2) is 10.6 Å². The number of hydrogen-bond donors (Lipinski definition) is 2. The van der Waals surface area contributed by atoms with E-state index in [4.69, 9.17) is 11.6 Å². The highest BCUT2D eigenvalue weighted by atomic mass is 35.5. The maximum absolute atomic E-state index is 12.9. The SMILES string of the molecule is O=C(Nc1ccc(F)cc1)Nc1cccn(Cc2ccccc2Cl)c1=O. The van der Waals surface area contributed by atoms with Gasteiger partial charge in [-0.1, -0.05) is 29.8 Å². The molecule has 0 aliphatic heterocycles. The van der Waals surface area contributed by atoms with Gasteiger partial charge in [-0.15, -0.1) is 0 Å². The first-order valence-corrected chi connectivity index (χ1v) is 8.17. The van der Waals surface area contributed by atoms with Gasteiger partial charge in [0.05, 0.1) is 6.54 Å². The first-order chi connectivity index (χ1) is 12.5. The monoisotopic (exact) mass is 371 g/mol. The Balaban J connectivity index is 1.74. The number of amides is 2. The van der Waals surface area contributed by atoms with Crippen molar-refractivity contribution < 1.29 is 9.18 Å². The number of anilines is 2. The number of pyridine rings is 1. The summed E-state index contributed by atoms with van der Waals surface area (Å²) in [6.07, 6.45) is 1.62. The minimum absolute atomic E-state index is 0.124. The maximum atomic E-state index is 12.9. The van der Waals surface area contributed by atoms with Crippen LogP contribution in [0, 0.1) is 5.82 Å². The molecule has 5 nitrogen and oxygen atoms in total. The molecule has 2 N–H and O–H groups in total. The van der Waals surface area contributed by atoms with Crippen LogP contribution in [0.5, 0.6) is 0 Å². The van der Waals surface area contributed by atoms with Gasteiger partial charge in [0.15, 0.2) is 0 Å². The predicted octanol–water partition coefficient (Wildman–Crippen LogP) is 4.33. The molecule has 1 aromatic heterocycles. The van der Waals surface area contributed by atoms with Crippen molar-refractivity contribution in [2.24, 2.45) is 0 Å². The van der Waals surface area contributed by atoms with Crippen molar-refractivity contribution >= 4 is 29.0 Å². The number of aromatic nitrogens is 1. The highest BCUT2D eigenvalue weighted by Crippen LogP contribution is 2.16. The average molecular weight is 372 g/mol. The molecule has 1 heterocycles. The van der Waals surface area contributed by atoms with E-state index in [1.807, 2.05) is 18.2 Å². The number of nitrogens with one attached hydrogen (secondary N) is 2. The predicted molar refractivity (Wildman–Crippen MR) is 100 cm³/mol. The molecule has 0 saturated heterocycles. The van der Waals surface area contributed by atoms with Crippen LogP contribution in [0.3, 0.4) is 0 Å². The quantitative estimate of drug-likeness (QED) is 0.716. The van der Waals surface area contributed by atoms with Crippen LogP contribution in [0.15, 0.2) is 71.7 Å². The van der Waals surface area contributed by atoms with Crippen molar-refractivity contribution in [3.05, 3.63) is 93.6 Å². The van der Waals surface area contributed by atoms with Crippen LogP contribution in [0.4, 0.5) is 20.6 Å². The molecular formula is C19H15ClFN3O2. The van der Waals surface area contributed by atoms with Crippen molar-refractivity contribution in [2.75, 3.05) is 10.6 Å². The van der Waals surface area contributed by atoms with Gasteiger partial charge in [0.2, 0.25) is 0 Å². The van der Waals surface area contributed by atoms with Crippen LogP contribution < -0.4 is 16.2 Å². The molecule has 0 spiro atoms. The molecule has 2 aromatic carbocycles. The number of hydrogen-bond acceptors (Lipinski definition) is 2. The number of carbonyl (C=O) groups excluding carboxylic acids is 1. The second kappa shape index (κ2) is 7.84. The van der Waals surface area contributed by atoms with Gasteiger partial charge in [-0.05, 0) is 48.0 Å². The molecule has 3 aromatic rings. The molecule has 3 rings (SSSR count). The standard InChI is InChI=1S/C19H15ClFN3O2/c20-16-5-2-1-4-13(16)12-24-11-3-6-17(18(24)25)23-19(26)22-15-9-7-14(21)8-10-15/h1-11H,12H2,(H2,22,23,26). The Labute approximate surface area is 154 Å². The van der Waals surface area contributed by atoms with Crippen LogP contribution >= 0.6 is 11.6 Å². The molecule has 26 heavy (non-hydrogen) atoms. The van der Waals surface area contributed by atoms with Crippen LogP contribution in [0.1, 0.15) is 5.56 Å². The van der Waals surface area contributed by atoms with E-state index in [1.54, 1.807) is 18.3 Å². The Morgan fingerprint density at radius 2 is 1.73 bits per heavy atom. The van der Waals surface area contributed by atoms with E-state index in [0.717, 1.165) is 5.56 Å². The van der Waals surface area contributed by atoms with Crippen molar-refractivity contribution in [2.45, 2.75) is 6.54 Å². The number of halogens is 2. The molecule has 0 fully saturated rings. The summed E-state index contributed by atoms with van der Waals surface area (Å²) in [7, 11) is 0. The van der Waals surface area contributed by atoms with E-state index in [9.17, 15) is 14.0 Å². The lowest BCUT2D eigenvalue weighted by atomic mass is 10.2. The van der Waals surface area contributed by atoms with E-state index in [1.165, 1.54) is 34.9 Å². The lowest BCUT2D eigenvalue weighted by Gasteiger charge is -2.11. The normalized spacial score (nSPS) is 10.4. The van der Waals surface area contributed by atoms with Gasteiger partial charge in [-0.3, -0.25) is 4.79 Å². The van der Waals surface area contributed by atoms with Gasteiger partial charge in [0.1, 0.15) is 11.5 Å². The second-order valence-corrected chi connectivity index (χ2v) is 5.94. The van der Waals surface area contributed by atoms with E-state index >= 15 is 0 Å². The molecule has 0 unspecified atom stereocenters. The van der Waals surface area contributed by atoms with Crippen LogP contribution in [-0.2, 0) is 6.54 Å². The third-order valence-corrected chi connectivity index (χ3v) is 4.04. The number of nitrogens with zero attached hydrogens (tertiary/aromatic N) is 1. The van der Waals surface area contributed by atoms with Crippen molar-refractivity contribution in [3.63, 3.8) is 0 Å². The molecule has 7 heteroatoms. The van der Waals surface area contributed by atoms with E-state index in [0.29, 0.717) is 10.7 Å². The first kappa shape index (κ1) is 17.7. The molecule has 0 aliphatic rings. The van der Waals surface area contributed by atoms with Crippen LogP contribution in [0.2, 0.25) is 5.02 Å². The number of benzene rings is 2. The average Bonchev–Trinajstić information content (AvgIpc) is 2.62. The van der Waals surface area contributed by atoms with Crippen molar-refractivity contribution in [1.82, 2.24) is 4.57 Å². The lowest BCUT2D eigenvalue weighted by Crippen LogP contribution is -2.28. The van der Waals surface area contributed by atoms with Gasteiger partial charge in [-0.2, -0.15) is 0 Å². The molecule has 132 valence electrons. The highest BCUT2D eigenvalue weighted by Gasteiger charge is 2.09. The third-order valence-electron chi connectivity index (χ3n) is 3.67. The smallest absolute Gasteiger partial charge is 0.309 e. The molecule has 2 amide bonds. The summed E-state index contributed by atoms with van der Waals surface area (Å²) in [4.78, 5) is 24.6. The molecule has 0 bridgehead atoms. The lowest BCUT2D eigenvalue weighted by molar-refractivity contribution is 0.262. The zero-order valence-corrected chi connectivity index (χ0v) is 14.3. The molecular weight excluding hydrogens is 357 g/mol. The van der Waals surface area contributed by atoms with Gasteiger partial charge in [0, 0.05) is 16.9 Å². The molecule has 0 saturated carbocycles. The fourth-order valence-electron chi connectivity index (χ4n) is 2.38. The number of urea groups is 1. The third kappa shape index (κ3) is 4.29. The molecule has 0 aliphatic carbocycles. The van der Waals surface area contributed by atoms with Gasteiger partial charge in [0.25, 0.3) is 5.56 Å². The van der Waals surface area contributed by atoms with Crippen molar-refractivity contribution in [1.29, 1.82) is 0 Å². The van der Waals surface area contributed by atoms with E-state index < -0.39 is 11.8 Å². The van der Waals surface area contributed by atoms with Gasteiger partial charge in [-0.25, -0.2) is 9.18 Å².